The highest BCUT2D eigenvalue weighted by Gasteiger charge is 2.14. The third kappa shape index (κ3) is 4.59. The molecule has 0 saturated carbocycles. The Bertz CT molecular complexity index is 1060. The fraction of sp³-hybridized carbons (Fsp3) is 0.211. The summed E-state index contributed by atoms with van der Waals surface area (Å²) in [6.45, 7) is 3.55. The molecule has 0 bridgehead atoms. The van der Waals surface area contributed by atoms with Gasteiger partial charge in [0.05, 0.1) is 17.1 Å². The molecule has 27 heavy (non-hydrogen) atoms. The van der Waals surface area contributed by atoms with E-state index in [1.165, 1.54) is 12.1 Å². The van der Waals surface area contributed by atoms with Crippen molar-refractivity contribution >= 4 is 21.8 Å². The average molecular weight is 385 g/mol. The molecule has 7 nitrogen and oxygen atoms in total. The molecule has 1 aromatic heterocycles. The number of benzene rings is 2. The SMILES string of the molecule is CCS(=O)(=O)c1ccc(CC(=O)Nc2nnc(-c3cccc(C)c3)o2)cc1. The topological polar surface area (TPSA) is 102 Å². The van der Waals surface area contributed by atoms with Crippen LogP contribution in [0.15, 0.2) is 57.8 Å². The normalized spacial score (nSPS) is 11.3. The zero-order chi connectivity index (χ0) is 19.4. The lowest BCUT2D eigenvalue weighted by atomic mass is 10.1. The van der Waals surface area contributed by atoms with E-state index in [0.29, 0.717) is 11.5 Å². The zero-order valence-electron chi connectivity index (χ0n) is 15.0. The van der Waals surface area contributed by atoms with Gasteiger partial charge in [-0.2, -0.15) is 0 Å². The first kappa shape index (κ1) is 18.8. The van der Waals surface area contributed by atoms with Crippen LogP contribution in [0.2, 0.25) is 0 Å². The van der Waals surface area contributed by atoms with Gasteiger partial charge in [0.15, 0.2) is 9.84 Å². The number of nitrogens with zero attached hydrogens (tertiary/aromatic N) is 2. The second-order valence-electron chi connectivity index (χ2n) is 6.05. The maximum Gasteiger partial charge on any atom is 0.322 e. The quantitative estimate of drug-likeness (QED) is 0.700. The van der Waals surface area contributed by atoms with Crippen molar-refractivity contribution in [3.63, 3.8) is 0 Å². The molecule has 3 aromatic rings. The van der Waals surface area contributed by atoms with E-state index < -0.39 is 9.84 Å². The van der Waals surface area contributed by atoms with Gasteiger partial charge >= 0.3 is 6.01 Å². The number of rotatable bonds is 6. The minimum atomic E-state index is -3.25. The molecule has 1 heterocycles. The van der Waals surface area contributed by atoms with E-state index >= 15 is 0 Å². The lowest BCUT2D eigenvalue weighted by Crippen LogP contribution is -2.14. The van der Waals surface area contributed by atoms with Crippen LogP contribution in [0.1, 0.15) is 18.1 Å². The Balaban J connectivity index is 1.65. The van der Waals surface area contributed by atoms with Gasteiger partial charge < -0.3 is 4.42 Å². The summed E-state index contributed by atoms with van der Waals surface area (Å²) in [6.07, 6.45) is 0.0641. The molecule has 0 aliphatic rings. The van der Waals surface area contributed by atoms with Gasteiger partial charge in [0.2, 0.25) is 11.8 Å². The molecule has 0 saturated heterocycles. The first-order valence-electron chi connectivity index (χ1n) is 8.39. The van der Waals surface area contributed by atoms with Crippen molar-refractivity contribution in [1.82, 2.24) is 10.2 Å². The predicted molar refractivity (Wildman–Crippen MR) is 101 cm³/mol. The first-order valence-corrected chi connectivity index (χ1v) is 10.0. The van der Waals surface area contributed by atoms with Crippen LogP contribution in [0.25, 0.3) is 11.5 Å². The van der Waals surface area contributed by atoms with Gasteiger partial charge in [0.1, 0.15) is 0 Å². The molecular formula is C19H19N3O4S. The molecular weight excluding hydrogens is 366 g/mol. The van der Waals surface area contributed by atoms with Gasteiger partial charge in [-0.1, -0.05) is 41.9 Å². The van der Waals surface area contributed by atoms with Crippen LogP contribution in [0.3, 0.4) is 0 Å². The first-order chi connectivity index (χ1) is 12.9. The molecule has 0 spiro atoms. The molecule has 0 unspecified atom stereocenters. The fourth-order valence-corrected chi connectivity index (χ4v) is 3.38. The number of sulfone groups is 1. The molecule has 140 valence electrons. The number of hydrogen-bond acceptors (Lipinski definition) is 6. The Morgan fingerprint density at radius 1 is 1.11 bits per heavy atom. The van der Waals surface area contributed by atoms with E-state index in [1.807, 2.05) is 31.2 Å². The van der Waals surface area contributed by atoms with Crippen LogP contribution in [0, 0.1) is 6.92 Å². The van der Waals surface area contributed by atoms with Crippen LogP contribution in [0.5, 0.6) is 0 Å². The minimum absolute atomic E-state index is 0.0155. The summed E-state index contributed by atoms with van der Waals surface area (Å²) in [4.78, 5) is 12.4. The molecule has 0 atom stereocenters. The molecule has 0 fully saturated rings. The molecule has 0 radical (unpaired) electrons. The molecule has 1 N–H and O–H groups in total. The Hall–Kier alpha value is -3.00. The maximum atomic E-state index is 12.2. The summed E-state index contributed by atoms with van der Waals surface area (Å²) in [5, 5.41) is 10.3. The van der Waals surface area contributed by atoms with E-state index in [0.717, 1.165) is 11.1 Å². The Labute approximate surface area is 157 Å². The van der Waals surface area contributed by atoms with E-state index in [-0.39, 0.29) is 29.0 Å². The summed E-state index contributed by atoms with van der Waals surface area (Å²) >= 11 is 0. The molecule has 0 aliphatic heterocycles. The summed E-state index contributed by atoms with van der Waals surface area (Å²) in [6, 6.07) is 13.9. The average Bonchev–Trinajstić information content (AvgIpc) is 3.10. The summed E-state index contributed by atoms with van der Waals surface area (Å²) in [5.74, 6) is 0.0245. The van der Waals surface area contributed by atoms with E-state index in [9.17, 15) is 13.2 Å². The zero-order valence-corrected chi connectivity index (χ0v) is 15.8. The lowest BCUT2D eigenvalue weighted by Gasteiger charge is -2.04. The number of carbonyl (C=O) groups is 1. The van der Waals surface area contributed by atoms with Gasteiger partial charge in [0.25, 0.3) is 0 Å². The predicted octanol–water partition coefficient (Wildman–Crippen LogP) is 3.02. The van der Waals surface area contributed by atoms with Gasteiger partial charge in [-0.3, -0.25) is 10.1 Å². The standard InChI is InChI=1S/C19H19N3O4S/c1-3-27(24,25)16-9-7-14(8-10-16)12-17(23)20-19-22-21-18(26-19)15-6-4-5-13(2)11-15/h4-11H,3,12H2,1-2H3,(H,20,22,23). The second kappa shape index (κ2) is 7.71. The number of amides is 1. The minimum Gasteiger partial charge on any atom is -0.403 e. The van der Waals surface area contributed by atoms with Crippen LogP contribution in [-0.2, 0) is 21.1 Å². The van der Waals surface area contributed by atoms with E-state index in [4.69, 9.17) is 4.42 Å². The number of aromatic nitrogens is 2. The molecule has 2 aromatic carbocycles. The molecule has 0 aliphatic carbocycles. The highest BCUT2D eigenvalue weighted by Crippen LogP contribution is 2.21. The van der Waals surface area contributed by atoms with Crippen LogP contribution < -0.4 is 5.32 Å². The lowest BCUT2D eigenvalue weighted by molar-refractivity contribution is -0.115. The van der Waals surface area contributed by atoms with Gasteiger partial charge in [-0.15, -0.1) is 5.10 Å². The van der Waals surface area contributed by atoms with Crippen LogP contribution >= 0.6 is 0 Å². The monoisotopic (exact) mass is 385 g/mol. The Morgan fingerprint density at radius 3 is 2.52 bits per heavy atom. The smallest absolute Gasteiger partial charge is 0.322 e. The Morgan fingerprint density at radius 2 is 1.85 bits per heavy atom. The fourth-order valence-electron chi connectivity index (χ4n) is 2.50. The highest BCUT2D eigenvalue weighted by atomic mass is 32.2. The summed E-state index contributed by atoms with van der Waals surface area (Å²) in [7, 11) is -3.25. The van der Waals surface area contributed by atoms with Gasteiger partial charge in [0, 0.05) is 5.56 Å². The highest BCUT2D eigenvalue weighted by molar-refractivity contribution is 7.91. The van der Waals surface area contributed by atoms with Crippen LogP contribution in [-0.4, -0.2) is 30.3 Å². The molecule has 3 rings (SSSR count). The number of carbonyl (C=O) groups excluding carboxylic acids is 1. The number of aryl methyl sites for hydroxylation is 1. The van der Waals surface area contributed by atoms with Crippen molar-refractivity contribution in [2.45, 2.75) is 25.2 Å². The van der Waals surface area contributed by atoms with Crippen molar-refractivity contribution in [3.8, 4) is 11.5 Å². The maximum absolute atomic E-state index is 12.2. The largest absolute Gasteiger partial charge is 0.403 e. The Kier molecular flexibility index (Phi) is 5.36. The number of hydrogen-bond donors (Lipinski definition) is 1. The summed E-state index contributed by atoms with van der Waals surface area (Å²) < 4.78 is 29.1. The van der Waals surface area contributed by atoms with Crippen molar-refractivity contribution in [2.75, 3.05) is 11.1 Å². The number of nitrogens with one attached hydrogen (secondary N) is 1. The van der Waals surface area contributed by atoms with Gasteiger partial charge in [-0.05, 0) is 36.8 Å². The third-order valence-corrected chi connectivity index (χ3v) is 5.71. The van der Waals surface area contributed by atoms with Crippen molar-refractivity contribution in [2.24, 2.45) is 0 Å². The third-order valence-electron chi connectivity index (χ3n) is 3.96. The molecule has 1 amide bonds. The molecule has 8 heteroatoms. The van der Waals surface area contributed by atoms with E-state index in [2.05, 4.69) is 15.5 Å². The van der Waals surface area contributed by atoms with Gasteiger partial charge in [-0.25, -0.2) is 8.42 Å². The van der Waals surface area contributed by atoms with Crippen molar-refractivity contribution < 1.29 is 17.6 Å². The number of anilines is 1. The van der Waals surface area contributed by atoms with Crippen molar-refractivity contribution in [3.05, 3.63) is 59.7 Å². The van der Waals surface area contributed by atoms with Crippen molar-refractivity contribution in [1.29, 1.82) is 0 Å². The second-order valence-corrected chi connectivity index (χ2v) is 8.33. The van der Waals surface area contributed by atoms with E-state index in [1.54, 1.807) is 19.1 Å². The van der Waals surface area contributed by atoms with Crippen LogP contribution in [0.4, 0.5) is 6.01 Å². The summed E-state index contributed by atoms with van der Waals surface area (Å²) in [5.41, 5.74) is 2.52.